The molecule has 6 nitrogen and oxygen atoms in total. The average molecular weight is 483 g/mol. The summed E-state index contributed by atoms with van der Waals surface area (Å²) in [5.41, 5.74) is 4.52. The molecule has 0 saturated carbocycles. The third kappa shape index (κ3) is 4.77. The second-order valence-electron chi connectivity index (χ2n) is 8.61. The number of carbonyl (C=O) groups is 2. The van der Waals surface area contributed by atoms with Gasteiger partial charge in [-0.3, -0.25) is 14.6 Å². The minimum atomic E-state index is -0.522. The van der Waals surface area contributed by atoms with Crippen LogP contribution in [0.5, 0.6) is 0 Å². The second kappa shape index (κ2) is 9.88. The molecule has 35 heavy (non-hydrogen) atoms. The van der Waals surface area contributed by atoms with Gasteiger partial charge in [0.1, 0.15) is 11.9 Å². The fraction of sp³-hybridized carbons (Fsp3) is 0.214. The van der Waals surface area contributed by atoms with Crippen LogP contribution in [0.2, 0.25) is 0 Å². The van der Waals surface area contributed by atoms with Crippen molar-refractivity contribution >= 4 is 46.0 Å². The van der Waals surface area contributed by atoms with Crippen LogP contribution < -0.4 is 5.32 Å². The zero-order valence-electron chi connectivity index (χ0n) is 19.6. The van der Waals surface area contributed by atoms with Crippen LogP contribution in [0.4, 0.5) is 11.4 Å². The fourth-order valence-electron chi connectivity index (χ4n) is 4.16. The summed E-state index contributed by atoms with van der Waals surface area (Å²) in [4.78, 5) is 37.9. The lowest BCUT2D eigenvalue weighted by molar-refractivity contribution is -0.124. The fourth-order valence-corrected chi connectivity index (χ4v) is 5.18. The van der Waals surface area contributed by atoms with E-state index in [1.165, 1.54) is 11.8 Å². The summed E-state index contributed by atoms with van der Waals surface area (Å²) in [7, 11) is 0. The normalized spacial score (nSPS) is 17.3. The Labute approximate surface area is 209 Å². The van der Waals surface area contributed by atoms with Crippen LogP contribution in [-0.4, -0.2) is 39.0 Å². The first kappa shape index (κ1) is 23.1. The van der Waals surface area contributed by atoms with Gasteiger partial charge in [0.05, 0.1) is 10.9 Å². The number of aryl methyl sites for hydroxylation is 1. The number of anilines is 1. The Bertz CT molecular complexity index is 1320. The minimum Gasteiger partial charge on any atom is -0.325 e. The van der Waals surface area contributed by atoms with Gasteiger partial charge in [0, 0.05) is 17.7 Å². The number of benzene rings is 3. The number of nitrogens with zero attached hydrogens (tertiary/aromatic N) is 3. The molecule has 0 aliphatic carbocycles. The molecular weight excluding hydrogens is 456 g/mol. The highest BCUT2D eigenvalue weighted by Crippen LogP contribution is 2.36. The summed E-state index contributed by atoms with van der Waals surface area (Å²) in [5.74, 6) is 0.380. The number of fused-ring (bicyclic) bond motifs is 3. The third-order valence-corrected chi connectivity index (χ3v) is 7.37. The summed E-state index contributed by atoms with van der Waals surface area (Å²) in [5, 5.41) is 3.07. The van der Waals surface area contributed by atoms with Crippen LogP contribution in [0, 0.1) is 6.92 Å². The van der Waals surface area contributed by atoms with Crippen molar-refractivity contribution < 1.29 is 9.59 Å². The maximum absolute atomic E-state index is 13.5. The Hall–Kier alpha value is -3.71. The number of para-hydroxylation sites is 1. The summed E-state index contributed by atoms with van der Waals surface area (Å²) >= 11 is 1.31. The van der Waals surface area contributed by atoms with E-state index in [1.807, 2.05) is 92.7 Å². The van der Waals surface area contributed by atoms with Gasteiger partial charge < -0.3 is 5.32 Å². The highest BCUT2D eigenvalue weighted by Gasteiger charge is 2.42. The maximum Gasteiger partial charge on any atom is 0.259 e. The van der Waals surface area contributed by atoms with E-state index < -0.39 is 11.3 Å². The molecule has 3 aromatic carbocycles. The van der Waals surface area contributed by atoms with E-state index in [0.717, 1.165) is 28.1 Å². The van der Waals surface area contributed by atoms with Crippen LogP contribution >= 0.6 is 11.8 Å². The summed E-state index contributed by atoms with van der Waals surface area (Å²) < 4.78 is 0. The Morgan fingerprint density at radius 2 is 1.74 bits per heavy atom. The van der Waals surface area contributed by atoms with Crippen molar-refractivity contribution in [3.8, 4) is 0 Å². The number of amides is 2. The number of nitrogens with one attached hydrogen (secondary N) is 1. The molecule has 3 aromatic rings. The lowest BCUT2D eigenvalue weighted by atomic mass is 10.1. The van der Waals surface area contributed by atoms with Crippen molar-refractivity contribution in [2.45, 2.75) is 38.0 Å². The molecular formula is C28H26N4O2S. The predicted molar refractivity (Wildman–Crippen MR) is 142 cm³/mol. The number of rotatable bonds is 6. The van der Waals surface area contributed by atoms with E-state index in [1.54, 1.807) is 4.90 Å². The highest BCUT2D eigenvalue weighted by molar-refractivity contribution is 8.15. The van der Waals surface area contributed by atoms with Gasteiger partial charge in [-0.1, -0.05) is 78.8 Å². The molecule has 2 atom stereocenters. The number of hydrogen-bond acceptors (Lipinski definition) is 5. The van der Waals surface area contributed by atoms with E-state index in [0.29, 0.717) is 23.8 Å². The van der Waals surface area contributed by atoms with Crippen molar-refractivity contribution in [1.29, 1.82) is 0 Å². The number of aliphatic imine (C=N–C) groups is 2. The van der Waals surface area contributed by atoms with Crippen molar-refractivity contribution in [3.05, 3.63) is 95.6 Å². The SMILES string of the molecule is CC[C@@H](SC1=Nc2ccccc2C2=N[C@@H](Cc3ccccc3)C(=O)N12)C(=O)Nc1ccc(C)cc1. The summed E-state index contributed by atoms with van der Waals surface area (Å²) in [6, 6.07) is 24.8. The maximum atomic E-state index is 13.5. The van der Waals surface area contributed by atoms with Gasteiger partial charge >= 0.3 is 0 Å². The third-order valence-electron chi connectivity index (χ3n) is 6.05. The largest absolute Gasteiger partial charge is 0.325 e. The molecule has 0 unspecified atom stereocenters. The van der Waals surface area contributed by atoms with Gasteiger partial charge in [0.2, 0.25) is 5.91 Å². The molecule has 1 N–H and O–H groups in total. The van der Waals surface area contributed by atoms with Crippen molar-refractivity contribution in [3.63, 3.8) is 0 Å². The van der Waals surface area contributed by atoms with Crippen LogP contribution in [0.1, 0.15) is 30.0 Å². The van der Waals surface area contributed by atoms with Crippen molar-refractivity contribution in [1.82, 2.24) is 4.90 Å². The monoisotopic (exact) mass is 482 g/mol. The zero-order valence-corrected chi connectivity index (χ0v) is 20.5. The number of carbonyl (C=O) groups excluding carboxylic acids is 2. The van der Waals surface area contributed by atoms with Crippen molar-refractivity contribution in [2.75, 3.05) is 5.32 Å². The second-order valence-corrected chi connectivity index (χ2v) is 9.78. The zero-order chi connectivity index (χ0) is 24.4. The summed E-state index contributed by atoms with van der Waals surface area (Å²) in [6.07, 6.45) is 1.11. The topological polar surface area (TPSA) is 74.1 Å². The number of amidine groups is 2. The van der Waals surface area contributed by atoms with Gasteiger partial charge in [-0.15, -0.1) is 0 Å². The molecule has 2 heterocycles. The lowest BCUT2D eigenvalue weighted by Crippen LogP contribution is -2.42. The molecule has 2 amide bonds. The van der Waals surface area contributed by atoms with E-state index in [4.69, 9.17) is 9.98 Å². The van der Waals surface area contributed by atoms with E-state index in [-0.39, 0.29) is 11.8 Å². The minimum absolute atomic E-state index is 0.113. The standard InChI is InChI=1S/C28H26N4O2S/c1-3-24(26(33)29-20-15-13-18(2)14-16-20)35-28-31-22-12-8-7-11-21(22)25-30-23(27(34)32(25)28)17-19-9-5-4-6-10-19/h4-16,23-24H,3,17H2,1-2H3,(H,29,33)/t23-,24+/m0/s1. The first-order chi connectivity index (χ1) is 17.0. The van der Waals surface area contributed by atoms with Gasteiger partial charge in [-0.05, 0) is 43.2 Å². The Kier molecular flexibility index (Phi) is 6.51. The lowest BCUT2D eigenvalue weighted by Gasteiger charge is -2.27. The van der Waals surface area contributed by atoms with Crippen LogP contribution in [0.25, 0.3) is 0 Å². The quantitative estimate of drug-likeness (QED) is 0.515. The number of thioether (sulfide) groups is 1. The highest BCUT2D eigenvalue weighted by atomic mass is 32.2. The summed E-state index contributed by atoms with van der Waals surface area (Å²) in [6.45, 7) is 3.97. The first-order valence-corrected chi connectivity index (χ1v) is 12.6. The van der Waals surface area contributed by atoms with Crippen LogP contribution in [0.15, 0.2) is 88.8 Å². The molecule has 176 valence electrons. The predicted octanol–water partition coefficient (Wildman–Crippen LogP) is 5.35. The average Bonchev–Trinajstić information content (AvgIpc) is 3.20. The Morgan fingerprint density at radius 3 is 2.49 bits per heavy atom. The van der Waals surface area contributed by atoms with Crippen LogP contribution in [0.3, 0.4) is 0 Å². The van der Waals surface area contributed by atoms with E-state index in [9.17, 15) is 9.59 Å². The molecule has 0 saturated heterocycles. The number of hydrogen-bond donors (Lipinski definition) is 1. The molecule has 0 bridgehead atoms. The van der Waals surface area contributed by atoms with Gasteiger partial charge in [0.15, 0.2) is 5.17 Å². The molecule has 5 rings (SSSR count). The van der Waals surface area contributed by atoms with E-state index in [2.05, 4.69) is 5.32 Å². The Morgan fingerprint density at radius 1 is 1.03 bits per heavy atom. The molecule has 0 aromatic heterocycles. The molecule has 0 fully saturated rings. The molecule has 0 radical (unpaired) electrons. The van der Waals surface area contributed by atoms with Crippen molar-refractivity contribution in [2.24, 2.45) is 9.98 Å². The molecule has 2 aliphatic heterocycles. The smallest absolute Gasteiger partial charge is 0.259 e. The molecule has 7 heteroatoms. The van der Waals surface area contributed by atoms with Crippen LogP contribution in [-0.2, 0) is 16.0 Å². The van der Waals surface area contributed by atoms with E-state index >= 15 is 0 Å². The molecule has 2 aliphatic rings. The Balaban J connectivity index is 1.42. The first-order valence-electron chi connectivity index (χ1n) is 11.7. The van der Waals surface area contributed by atoms with Gasteiger partial charge in [-0.25, -0.2) is 9.89 Å². The molecule has 0 spiro atoms. The van der Waals surface area contributed by atoms with Gasteiger partial charge in [-0.2, -0.15) is 0 Å². The van der Waals surface area contributed by atoms with Gasteiger partial charge in [0.25, 0.3) is 5.91 Å².